The first kappa shape index (κ1) is 20.9. The van der Waals surface area contributed by atoms with E-state index in [2.05, 4.69) is 10.1 Å². The Labute approximate surface area is 173 Å². The average molecular weight is 411 g/mol. The molecule has 0 aliphatic heterocycles. The minimum atomic E-state index is -0.858. The molecule has 0 radical (unpaired) electrons. The zero-order valence-corrected chi connectivity index (χ0v) is 16.2. The maximum absolute atomic E-state index is 11.9. The summed E-state index contributed by atoms with van der Waals surface area (Å²) in [6.45, 7) is 0.0488. The molecule has 1 aromatic heterocycles. The SMILES string of the molecule is COC(=O)c1ccc(OC[C@@H](O)COc2ccc(NC(=O)c3ccco3)cc2)cc1. The Kier molecular flexibility index (Phi) is 7.07. The summed E-state index contributed by atoms with van der Waals surface area (Å²) in [4.78, 5) is 23.3. The maximum atomic E-state index is 11.9. The number of aliphatic hydroxyl groups excluding tert-OH is 1. The van der Waals surface area contributed by atoms with E-state index in [1.54, 1.807) is 60.7 Å². The summed E-state index contributed by atoms with van der Waals surface area (Å²) in [7, 11) is 1.31. The first-order valence-corrected chi connectivity index (χ1v) is 9.12. The lowest BCUT2D eigenvalue weighted by molar-refractivity contribution is 0.0597. The van der Waals surface area contributed by atoms with E-state index in [1.165, 1.54) is 13.4 Å². The van der Waals surface area contributed by atoms with Gasteiger partial charge in [0.1, 0.15) is 30.8 Å². The van der Waals surface area contributed by atoms with E-state index in [0.717, 1.165) is 0 Å². The standard InChI is InChI=1S/C22H21NO7/c1-27-22(26)15-4-8-18(9-5-15)29-13-17(24)14-30-19-10-6-16(7-11-19)23-21(25)20-3-2-12-28-20/h2-12,17,24H,13-14H2,1H3,(H,23,25)/t17-/m1/s1. The molecule has 2 aromatic carbocycles. The highest BCUT2D eigenvalue weighted by molar-refractivity contribution is 6.02. The minimum absolute atomic E-state index is 0.0227. The van der Waals surface area contributed by atoms with Gasteiger partial charge in [0, 0.05) is 5.69 Å². The van der Waals surface area contributed by atoms with E-state index in [9.17, 15) is 14.7 Å². The normalized spacial score (nSPS) is 11.4. The van der Waals surface area contributed by atoms with Crippen LogP contribution in [-0.4, -0.2) is 43.4 Å². The smallest absolute Gasteiger partial charge is 0.337 e. The number of carbonyl (C=O) groups is 2. The second kappa shape index (κ2) is 10.1. The van der Waals surface area contributed by atoms with Crippen LogP contribution in [0.5, 0.6) is 11.5 Å². The van der Waals surface area contributed by atoms with E-state index in [0.29, 0.717) is 22.7 Å². The summed E-state index contributed by atoms with van der Waals surface area (Å²) >= 11 is 0. The lowest BCUT2D eigenvalue weighted by Crippen LogP contribution is -2.25. The van der Waals surface area contributed by atoms with Gasteiger partial charge in [0.25, 0.3) is 5.91 Å². The van der Waals surface area contributed by atoms with Crippen molar-refractivity contribution in [1.29, 1.82) is 0 Å². The van der Waals surface area contributed by atoms with Crippen molar-refractivity contribution in [3.05, 3.63) is 78.3 Å². The molecule has 2 N–H and O–H groups in total. The van der Waals surface area contributed by atoms with E-state index < -0.39 is 12.1 Å². The van der Waals surface area contributed by atoms with Crippen molar-refractivity contribution in [3.8, 4) is 11.5 Å². The monoisotopic (exact) mass is 411 g/mol. The summed E-state index contributed by atoms with van der Waals surface area (Å²) in [5, 5.41) is 12.7. The van der Waals surface area contributed by atoms with E-state index in [4.69, 9.17) is 13.9 Å². The number of amides is 1. The van der Waals surface area contributed by atoms with E-state index >= 15 is 0 Å². The van der Waals surface area contributed by atoms with Crippen molar-refractivity contribution < 1.29 is 33.3 Å². The fourth-order valence-corrected chi connectivity index (χ4v) is 2.47. The number of aliphatic hydroxyl groups is 1. The molecule has 1 amide bonds. The van der Waals surface area contributed by atoms with Gasteiger partial charge in [-0.1, -0.05) is 0 Å². The topological polar surface area (TPSA) is 107 Å². The van der Waals surface area contributed by atoms with Gasteiger partial charge in [-0.25, -0.2) is 4.79 Å². The molecule has 0 spiro atoms. The van der Waals surface area contributed by atoms with Crippen LogP contribution in [0.2, 0.25) is 0 Å². The number of rotatable bonds is 9. The molecule has 1 heterocycles. The number of nitrogens with one attached hydrogen (secondary N) is 1. The van der Waals surface area contributed by atoms with Crippen LogP contribution in [0.25, 0.3) is 0 Å². The minimum Gasteiger partial charge on any atom is -0.491 e. The zero-order chi connectivity index (χ0) is 21.3. The third-order valence-corrected chi connectivity index (χ3v) is 4.02. The Morgan fingerprint density at radius 1 is 0.967 bits per heavy atom. The third-order valence-electron chi connectivity index (χ3n) is 4.02. The van der Waals surface area contributed by atoms with Gasteiger partial charge < -0.3 is 29.1 Å². The fraction of sp³-hybridized carbons (Fsp3) is 0.182. The Balaban J connectivity index is 1.41. The Morgan fingerprint density at radius 2 is 1.57 bits per heavy atom. The molecular formula is C22H21NO7. The van der Waals surface area contributed by atoms with Crippen LogP contribution in [-0.2, 0) is 4.74 Å². The molecule has 0 aliphatic carbocycles. The molecular weight excluding hydrogens is 390 g/mol. The molecule has 3 aromatic rings. The predicted octanol–water partition coefficient (Wildman–Crippen LogP) is 3.14. The summed E-state index contributed by atoms with van der Waals surface area (Å²) < 4.78 is 20.7. The predicted molar refractivity (Wildman–Crippen MR) is 108 cm³/mol. The molecule has 30 heavy (non-hydrogen) atoms. The lowest BCUT2D eigenvalue weighted by Gasteiger charge is -2.14. The van der Waals surface area contributed by atoms with E-state index in [-0.39, 0.29) is 24.9 Å². The molecule has 8 heteroatoms. The van der Waals surface area contributed by atoms with E-state index in [1.807, 2.05) is 0 Å². The number of ether oxygens (including phenoxy) is 3. The Morgan fingerprint density at radius 3 is 2.10 bits per heavy atom. The highest BCUT2D eigenvalue weighted by Gasteiger charge is 2.10. The van der Waals surface area contributed by atoms with Crippen LogP contribution in [0.15, 0.2) is 71.3 Å². The van der Waals surface area contributed by atoms with Crippen LogP contribution in [0.4, 0.5) is 5.69 Å². The van der Waals surface area contributed by atoms with Crippen molar-refractivity contribution in [2.75, 3.05) is 25.6 Å². The van der Waals surface area contributed by atoms with Crippen LogP contribution >= 0.6 is 0 Å². The van der Waals surface area contributed by atoms with Gasteiger partial charge in [-0.15, -0.1) is 0 Å². The molecule has 0 bridgehead atoms. The number of hydrogen-bond donors (Lipinski definition) is 2. The molecule has 0 fully saturated rings. The molecule has 0 unspecified atom stereocenters. The average Bonchev–Trinajstić information content (AvgIpc) is 3.32. The number of furan rings is 1. The van der Waals surface area contributed by atoms with Crippen LogP contribution in [0.3, 0.4) is 0 Å². The van der Waals surface area contributed by atoms with Crippen molar-refractivity contribution in [3.63, 3.8) is 0 Å². The van der Waals surface area contributed by atoms with Crippen LogP contribution in [0, 0.1) is 0 Å². The summed E-state index contributed by atoms with van der Waals surface area (Å²) in [6.07, 6.45) is 0.571. The van der Waals surface area contributed by atoms with Gasteiger partial charge in [0.2, 0.25) is 0 Å². The fourth-order valence-electron chi connectivity index (χ4n) is 2.47. The molecule has 8 nitrogen and oxygen atoms in total. The molecule has 0 saturated carbocycles. The Hall–Kier alpha value is -3.78. The number of carbonyl (C=O) groups excluding carboxylic acids is 2. The number of methoxy groups -OCH3 is 1. The van der Waals surface area contributed by atoms with Gasteiger partial charge >= 0.3 is 5.97 Å². The van der Waals surface area contributed by atoms with Gasteiger partial charge in [0.05, 0.1) is 18.9 Å². The van der Waals surface area contributed by atoms with Gasteiger partial charge in [-0.3, -0.25) is 4.79 Å². The van der Waals surface area contributed by atoms with Crippen molar-refractivity contribution in [1.82, 2.24) is 0 Å². The lowest BCUT2D eigenvalue weighted by atomic mass is 10.2. The zero-order valence-electron chi connectivity index (χ0n) is 16.2. The summed E-state index contributed by atoms with van der Waals surface area (Å²) in [5.74, 6) is 0.492. The van der Waals surface area contributed by atoms with Crippen LogP contribution < -0.4 is 14.8 Å². The molecule has 0 aliphatic rings. The van der Waals surface area contributed by atoms with Crippen molar-refractivity contribution in [2.24, 2.45) is 0 Å². The highest BCUT2D eigenvalue weighted by Crippen LogP contribution is 2.17. The molecule has 3 rings (SSSR count). The number of esters is 1. The first-order valence-electron chi connectivity index (χ1n) is 9.12. The number of anilines is 1. The second-order valence-corrected chi connectivity index (χ2v) is 6.25. The highest BCUT2D eigenvalue weighted by atomic mass is 16.5. The molecule has 0 saturated heterocycles. The number of benzene rings is 2. The van der Waals surface area contributed by atoms with Gasteiger partial charge in [-0.05, 0) is 60.7 Å². The number of hydrogen-bond acceptors (Lipinski definition) is 7. The first-order chi connectivity index (χ1) is 14.5. The molecule has 156 valence electrons. The third kappa shape index (κ3) is 5.86. The maximum Gasteiger partial charge on any atom is 0.337 e. The largest absolute Gasteiger partial charge is 0.491 e. The van der Waals surface area contributed by atoms with Crippen LogP contribution in [0.1, 0.15) is 20.9 Å². The van der Waals surface area contributed by atoms with Gasteiger partial charge in [-0.2, -0.15) is 0 Å². The second-order valence-electron chi connectivity index (χ2n) is 6.25. The van der Waals surface area contributed by atoms with Crippen molar-refractivity contribution in [2.45, 2.75) is 6.10 Å². The Bertz CT molecular complexity index is 950. The van der Waals surface area contributed by atoms with Gasteiger partial charge in [0.15, 0.2) is 5.76 Å². The quantitative estimate of drug-likeness (QED) is 0.521. The summed E-state index contributed by atoms with van der Waals surface area (Å²) in [6, 6.07) is 16.3. The molecule has 1 atom stereocenters. The summed E-state index contributed by atoms with van der Waals surface area (Å²) in [5.41, 5.74) is 1.00. The van der Waals surface area contributed by atoms with Crippen molar-refractivity contribution >= 4 is 17.6 Å².